The lowest BCUT2D eigenvalue weighted by Gasteiger charge is -2.31. The van der Waals surface area contributed by atoms with Gasteiger partial charge < -0.3 is 0 Å². The third-order valence-corrected chi connectivity index (χ3v) is 3.38. The molecule has 0 spiro atoms. The largest absolute Gasteiger partial charge is 0.248 e. The number of hydrogen-bond acceptors (Lipinski definition) is 2. The topological polar surface area (TPSA) is 15.3 Å². The van der Waals surface area contributed by atoms with Crippen molar-refractivity contribution in [1.29, 1.82) is 0 Å². The number of nitrogens with one attached hydrogen (secondary N) is 1. The normalized spacial score (nSPS) is 19.2. The van der Waals surface area contributed by atoms with Gasteiger partial charge in [0, 0.05) is 19.1 Å². The van der Waals surface area contributed by atoms with Gasteiger partial charge in [-0.25, -0.2) is 14.8 Å². The molecule has 0 radical (unpaired) electrons. The van der Waals surface area contributed by atoms with Crippen LogP contribution in [0.1, 0.15) is 44.2 Å². The SMILES string of the molecule is CCC(NN1CCCCC1)c1ccc(F)cc1. The molecule has 1 aliphatic heterocycles. The highest BCUT2D eigenvalue weighted by atomic mass is 19.1. The van der Waals surface area contributed by atoms with E-state index in [9.17, 15) is 4.39 Å². The quantitative estimate of drug-likeness (QED) is 0.863. The Bertz CT molecular complexity index is 331. The molecule has 2 rings (SSSR count). The number of hydrazine groups is 1. The first-order valence-corrected chi connectivity index (χ1v) is 6.56. The molecule has 0 saturated carbocycles. The molecule has 1 atom stereocenters. The van der Waals surface area contributed by atoms with Crippen LogP contribution < -0.4 is 5.43 Å². The summed E-state index contributed by atoms with van der Waals surface area (Å²) >= 11 is 0. The van der Waals surface area contributed by atoms with E-state index in [0.717, 1.165) is 19.5 Å². The number of benzene rings is 1. The van der Waals surface area contributed by atoms with E-state index in [0.29, 0.717) is 6.04 Å². The molecule has 0 aliphatic carbocycles. The molecule has 0 amide bonds. The molecule has 1 N–H and O–H groups in total. The van der Waals surface area contributed by atoms with Gasteiger partial charge in [-0.3, -0.25) is 0 Å². The van der Waals surface area contributed by atoms with E-state index in [1.165, 1.54) is 37.0 Å². The lowest BCUT2D eigenvalue weighted by Crippen LogP contribution is -2.43. The number of halogens is 1. The highest BCUT2D eigenvalue weighted by Crippen LogP contribution is 2.18. The van der Waals surface area contributed by atoms with Crippen LogP contribution in [-0.2, 0) is 0 Å². The second-order valence-corrected chi connectivity index (χ2v) is 4.69. The second kappa shape index (κ2) is 6.12. The molecule has 1 aliphatic rings. The van der Waals surface area contributed by atoms with Gasteiger partial charge in [0.2, 0.25) is 0 Å². The first kappa shape index (κ1) is 12.5. The molecule has 0 aromatic heterocycles. The molecule has 0 bridgehead atoms. The maximum absolute atomic E-state index is 12.9. The molecule has 1 heterocycles. The van der Waals surface area contributed by atoms with Gasteiger partial charge in [-0.15, -0.1) is 0 Å². The van der Waals surface area contributed by atoms with Gasteiger partial charge in [-0.2, -0.15) is 0 Å². The van der Waals surface area contributed by atoms with Gasteiger partial charge >= 0.3 is 0 Å². The van der Waals surface area contributed by atoms with E-state index in [2.05, 4.69) is 17.4 Å². The van der Waals surface area contributed by atoms with E-state index in [1.54, 1.807) is 0 Å². The van der Waals surface area contributed by atoms with Crippen LogP contribution in [0.25, 0.3) is 0 Å². The van der Waals surface area contributed by atoms with E-state index in [4.69, 9.17) is 0 Å². The molecule has 94 valence electrons. The van der Waals surface area contributed by atoms with Crippen LogP contribution in [0.5, 0.6) is 0 Å². The minimum Gasteiger partial charge on any atom is -0.248 e. The molecule has 2 nitrogen and oxygen atoms in total. The standard InChI is InChI=1S/C14H21FN2/c1-2-14(12-6-8-13(15)9-7-12)16-17-10-4-3-5-11-17/h6-9,14,16H,2-5,10-11H2,1H3. The highest BCUT2D eigenvalue weighted by molar-refractivity contribution is 5.19. The Labute approximate surface area is 103 Å². The summed E-state index contributed by atoms with van der Waals surface area (Å²) in [7, 11) is 0. The predicted octanol–water partition coefficient (Wildman–Crippen LogP) is 3.27. The van der Waals surface area contributed by atoms with Crippen LogP contribution in [-0.4, -0.2) is 18.1 Å². The lowest BCUT2D eigenvalue weighted by atomic mass is 10.1. The van der Waals surface area contributed by atoms with Crippen molar-refractivity contribution in [3.8, 4) is 0 Å². The minimum absolute atomic E-state index is 0.165. The Morgan fingerprint density at radius 1 is 1.18 bits per heavy atom. The fraction of sp³-hybridized carbons (Fsp3) is 0.571. The highest BCUT2D eigenvalue weighted by Gasteiger charge is 2.15. The predicted molar refractivity (Wildman–Crippen MR) is 68.0 cm³/mol. The average molecular weight is 236 g/mol. The Morgan fingerprint density at radius 2 is 1.82 bits per heavy atom. The van der Waals surface area contributed by atoms with Crippen molar-refractivity contribution in [3.05, 3.63) is 35.6 Å². The van der Waals surface area contributed by atoms with Crippen molar-refractivity contribution in [2.75, 3.05) is 13.1 Å². The second-order valence-electron chi connectivity index (χ2n) is 4.69. The van der Waals surface area contributed by atoms with Gasteiger partial charge in [-0.05, 0) is 37.0 Å². The van der Waals surface area contributed by atoms with Crippen LogP contribution in [0.4, 0.5) is 4.39 Å². The summed E-state index contributed by atoms with van der Waals surface area (Å²) in [4.78, 5) is 0. The van der Waals surface area contributed by atoms with Crippen molar-refractivity contribution < 1.29 is 4.39 Å². The van der Waals surface area contributed by atoms with Crippen molar-refractivity contribution in [2.24, 2.45) is 0 Å². The average Bonchev–Trinajstić information content (AvgIpc) is 2.38. The van der Waals surface area contributed by atoms with Crippen molar-refractivity contribution in [3.63, 3.8) is 0 Å². The van der Waals surface area contributed by atoms with Crippen LogP contribution in [0.2, 0.25) is 0 Å². The summed E-state index contributed by atoms with van der Waals surface area (Å²) in [5.41, 5.74) is 4.72. The zero-order chi connectivity index (χ0) is 12.1. The van der Waals surface area contributed by atoms with Crippen LogP contribution in [0.3, 0.4) is 0 Å². The Kier molecular flexibility index (Phi) is 4.51. The summed E-state index contributed by atoms with van der Waals surface area (Å²) in [6.07, 6.45) is 4.90. The maximum atomic E-state index is 12.9. The Hall–Kier alpha value is -0.930. The van der Waals surface area contributed by atoms with Gasteiger partial charge in [0.15, 0.2) is 0 Å². The first-order chi connectivity index (χ1) is 8.29. The van der Waals surface area contributed by atoms with Crippen LogP contribution >= 0.6 is 0 Å². The van der Waals surface area contributed by atoms with Gasteiger partial charge in [0.25, 0.3) is 0 Å². The number of hydrogen-bond donors (Lipinski definition) is 1. The van der Waals surface area contributed by atoms with Crippen LogP contribution in [0, 0.1) is 5.82 Å². The fourth-order valence-electron chi connectivity index (χ4n) is 2.34. The van der Waals surface area contributed by atoms with Gasteiger partial charge in [-0.1, -0.05) is 25.5 Å². The van der Waals surface area contributed by atoms with E-state index in [-0.39, 0.29) is 5.82 Å². The molecule has 1 saturated heterocycles. The molecule has 1 unspecified atom stereocenters. The Balaban J connectivity index is 1.97. The monoisotopic (exact) mass is 236 g/mol. The fourth-order valence-corrected chi connectivity index (χ4v) is 2.34. The summed E-state index contributed by atoms with van der Waals surface area (Å²) in [5, 5.41) is 2.31. The van der Waals surface area contributed by atoms with E-state index >= 15 is 0 Å². The first-order valence-electron chi connectivity index (χ1n) is 6.56. The molecule has 1 aromatic rings. The van der Waals surface area contributed by atoms with Gasteiger partial charge in [0.1, 0.15) is 5.82 Å². The van der Waals surface area contributed by atoms with E-state index < -0.39 is 0 Å². The summed E-state index contributed by atoms with van der Waals surface area (Å²) in [6, 6.07) is 7.13. The minimum atomic E-state index is -0.165. The third-order valence-electron chi connectivity index (χ3n) is 3.38. The Morgan fingerprint density at radius 3 is 2.41 bits per heavy atom. The summed E-state index contributed by atoms with van der Waals surface area (Å²) in [6.45, 7) is 4.40. The zero-order valence-corrected chi connectivity index (χ0v) is 10.5. The molecule has 3 heteroatoms. The van der Waals surface area contributed by atoms with Crippen molar-refractivity contribution in [1.82, 2.24) is 10.4 Å². The van der Waals surface area contributed by atoms with Crippen molar-refractivity contribution >= 4 is 0 Å². The van der Waals surface area contributed by atoms with Crippen molar-refractivity contribution in [2.45, 2.75) is 38.6 Å². The van der Waals surface area contributed by atoms with Gasteiger partial charge in [0.05, 0.1) is 0 Å². The molecule has 1 aromatic carbocycles. The maximum Gasteiger partial charge on any atom is 0.123 e. The summed E-state index contributed by atoms with van der Waals surface area (Å²) in [5.74, 6) is -0.165. The smallest absolute Gasteiger partial charge is 0.123 e. The molecular weight excluding hydrogens is 215 g/mol. The molecular formula is C14H21FN2. The number of piperidine rings is 1. The zero-order valence-electron chi connectivity index (χ0n) is 10.5. The third kappa shape index (κ3) is 3.51. The van der Waals surface area contributed by atoms with Crippen LogP contribution in [0.15, 0.2) is 24.3 Å². The lowest BCUT2D eigenvalue weighted by molar-refractivity contribution is 0.126. The molecule has 17 heavy (non-hydrogen) atoms. The summed E-state index contributed by atoms with van der Waals surface area (Å²) < 4.78 is 12.9. The molecule has 1 fully saturated rings. The number of nitrogens with zero attached hydrogens (tertiary/aromatic N) is 1. The number of rotatable bonds is 4. The van der Waals surface area contributed by atoms with E-state index in [1.807, 2.05) is 12.1 Å².